The summed E-state index contributed by atoms with van der Waals surface area (Å²) in [6.45, 7) is 3.40. The highest BCUT2D eigenvalue weighted by Crippen LogP contribution is 2.24. The molecule has 0 saturated carbocycles. The monoisotopic (exact) mass is 318 g/mol. The molecule has 1 N–H and O–H groups in total. The first-order valence-electron chi connectivity index (χ1n) is 8.09. The van der Waals surface area contributed by atoms with Crippen LogP contribution in [0.25, 0.3) is 0 Å². The van der Waals surface area contributed by atoms with Gasteiger partial charge in [-0.25, -0.2) is 14.1 Å². The second-order valence-corrected chi connectivity index (χ2v) is 6.10. The van der Waals surface area contributed by atoms with E-state index in [1.807, 2.05) is 16.8 Å². The first kappa shape index (κ1) is 16.1. The quantitative estimate of drug-likeness (QED) is 0.889. The molecule has 2 heterocycles. The Kier molecular flexibility index (Phi) is 5.03. The van der Waals surface area contributed by atoms with Crippen LogP contribution in [0, 0.1) is 5.82 Å². The van der Waals surface area contributed by atoms with E-state index in [1.165, 1.54) is 6.07 Å². The van der Waals surface area contributed by atoms with Crippen molar-refractivity contribution in [3.05, 3.63) is 47.3 Å². The molecule has 0 bridgehead atoms. The summed E-state index contributed by atoms with van der Waals surface area (Å²) in [5, 5.41) is 8.05. The van der Waals surface area contributed by atoms with Gasteiger partial charge in [0, 0.05) is 19.7 Å². The predicted octanol–water partition coefficient (Wildman–Crippen LogP) is 2.62. The molecule has 0 spiro atoms. The molecular formula is C17H23FN4O. The van der Waals surface area contributed by atoms with E-state index in [9.17, 15) is 4.39 Å². The molecule has 2 aromatic rings. The van der Waals surface area contributed by atoms with Gasteiger partial charge >= 0.3 is 0 Å². The number of fused-ring (bicyclic) bond motifs is 1. The molecular weight excluding hydrogens is 295 g/mol. The van der Waals surface area contributed by atoms with E-state index in [0.717, 1.165) is 36.6 Å². The van der Waals surface area contributed by atoms with Gasteiger partial charge in [0.15, 0.2) is 5.82 Å². The number of hydrogen-bond donors (Lipinski definition) is 1. The largest absolute Gasteiger partial charge is 0.377 e. The van der Waals surface area contributed by atoms with E-state index in [0.29, 0.717) is 13.0 Å². The Morgan fingerprint density at radius 3 is 3.04 bits per heavy atom. The van der Waals surface area contributed by atoms with Crippen LogP contribution < -0.4 is 5.32 Å². The zero-order valence-electron chi connectivity index (χ0n) is 13.6. The number of nitrogens with zero attached hydrogens (tertiary/aromatic N) is 3. The van der Waals surface area contributed by atoms with Crippen molar-refractivity contribution >= 4 is 0 Å². The van der Waals surface area contributed by atoms with Crippen molar-refractivity contribution < 1.29 is 9.13 Å². The average Bonchev–Trinajstić information content (AvgIpc) is 2.94. The lowest BCUT2D eigenvalue weighted by atomic mass is 10.0. The van der Waals surface area contributed by atoms with Gasteiger partial charge in [-0.3, -0.25) is 0 Å². The van der Waals surface area contributed by atoms with Crippen molar-refractivity contribution in [2.75, 3.05) is 7.11 Å². The van der Waals surface area contributed by atoms with E-state index >= 15 is 0 Å². The Bertz CT molecular complexity index is 658. The standard InChI is InChI=1S/C17H23FN4O/c1-12(10-13-6-3-4-7-14(13)18)19-15-8-5-9-22-17(15)20-16(21-22)11-23-2/h3-4,6-7,12,15,19H,5,8-11H2,1-2H3/t12-,15-/m0/s1. The Hall–Kier alpha value is -1.79. The summed E-state index contributed by atoms with van der Waals surface area (Å²) in [5.74, 6) is 1.54. The molecule has 1 aliphatic heterocycles. The molecule has 3 rings (SSSR count). The zero-order chi connectivity index (χ0) is 16.2. The molecule has 124 valence electrons. The molecule has 1 aliphatic rings. The Balaban J connectivity index is 1.68. The molecule has 0 radical (unpaired) electrons. The molecule has 0 amide bonds. The molecule has 0 saturated heterocycles. The fraction of sp³-hybridized carbons (Fsp3) is 0.529. The van der Waals surface area contributed by atoms with E-state index in [-0.39, 0.29) is 17.9 Å². The van der Waals surface area contributed by atoms with Crippen LogP contribution in [0.5, 0.6) is 0 Å². The minimum absolute atomic E-state index is 0.143. The Morgan fingerprint density at radius 1 is 1.43 bits per heavy atom. The highest BCUT2D eigenvalue weighted by molar-refractivity contribution is 5.18. The van der Waals surface area contributed by atoms with E-state index < -0.39 is 0 Å². The number of aryl methyl sites for hydroxylation is 1. The molecule has 1 aromatic heterocycles. The van der Waals surface area contributed by atoms with Crippen molar-refractivity contribution in [2.45, 2.75) is 51.4 Å². The fourth-order valence-electron chi connectivity index (χ4n) is 3.14. The lowest BCUT2D eigenvalue weighted by Gasteiger charge is -2.26. The minimum atomic E-state index is -0.143. The molecule has 0 aliphatic carbocycles. The summed E-state index contributed by atoms with van der Waals surface area (Å²) in [6.07, 6.45) is 2.74. The van der Waals surface area contributed by atoms with Crippen molar-refractivity contribution in [3.8, 4) is 0 Å². The lowest BCUT2D eigenvalue weighted by molar-refractivity contribution is 0.177. The van der Waals surface area contributed by atoms with Gasteiger partial charge in [-0.15, -0.1) is 0 Å². The molecule has 23 heavy (non-hydrogen) atoms. The van der Waals surface area contributed by atoms with Gasteiger partial charge in [0.2, 0.25) is 0 Å². The first-order chi connectivity index (χ1) is 11.2. The van der Waals surface area contributed by atoms with Gasteiger partial charge in [0.1, 0.15) is 18.2 Å². The van der Waals surface area contributed by atoms with Crippen molar-refractivity contribution in [3.63, 3.8) is 0 Å². The zero-order valence-corrected chi connectivity index (χ0v) is 13.6. The Labute approximate surface area is 135 Å². The Morgan fingerprint density at radius 2 is 2.26 bits per heavy atom. The van der Waals surface area contributed by atoms with Gasteiger partial charge in [-0.05, 0) is 37.8 Å². The highest BCUT2D eigenvalue weighted by atomic mass is 19.1. The normalized spacial score (nSPS) is 18.7. The minimum Gasteiger partial charge on any atom is -0.377 e. The second-order valence-electron chi connectivity index (χ2n) is 6.10. The average molecular weight is 318 g/mol. The van der Waals surface area contributed by atoms with Crippen molar-refractivity contribution in [1.29, 1.82) is 0 Å². The number of nitrogens with one attached hydrogen (secondary N) is 1. The maximum absolute atomic E-state index is 13.8. The lowest BCUT2D eigenvalue weighted by Crippen LogP contribution is -2.36. The number of benzene rings is 1. The molecule has 1 aromatic carbocycles. The molecule has 0 unspecified atom stereocenters. The number of ether oxygens (including phenoxy) is 1. The third-order valence-corrected chi connectivity index (χ3v) is 4.16. The van der Waals surface area contributed by atoms with E-state index in [4.69, 9.17) is 4.74 Å². The van der Waals surface area contributed by atoms with Gasteiger partial charge in [-0.1, -0.05) is 18.2 Å². The number of halogens is 1. The predicted molar refractivity (Wildman–Crippen MR) is 85.4 cm³/mol. The SMILES string of the molecule is COCc1nc2n(n1)CCC[C@@H]2N[C@@H](C)Cc1ccccc1F. The molecule has 0 fully saturated rings. The van der Waals surface area contributed by atoms with Crippen LogP contribution in [0.4, 0.5) is 4.39 Å². The summed E-state index contributed by atoms with van der Waals surface area (Å²) in [6, 6.07) is 7.26. The van der Waals surface area contributed by atoms with Gasteiger partial charge in [0.05, 0.1) is 6.04 Å². The maximum Gasteiger partial charge on any atom is 0.176 e. The van der Waals surface area contributed by atoms with Crippen LogP contribution in [0.2, 0.25) is 0 Å². The first-order valence-corrected chi connectivity index (χ1v) is 8.09. The maximum atomic E-state index is 13.8. The number of aromatic nitrogens is 3. The fourth-order valence-corrected chi connectivity index (χ4v) is 3.14. The summed E-state index contributed by atoms with van der Waals surface area (Å²) in [7, 11) is 1.65. The molecule has 2 atom stereocenters. The third kappa shape index (κ3) is 3.76. The van der Waals surface area contributed by atoms with Crippen LogP contribution in [-0.2, 0) is 24.3 Å². The summed E-state index contributed by atoms with van der Waals surface area (Å²) >= 11 is 0. The van der Waals surface area contributed by atoms with Crippen LogP contribution in [0.15, 0.2) is 24.3 Å². The third-order valence-electron chi connectivity index (χ3n) is 4.16. The van der Waals surface area contributed by atoms with Crippen LogP contribution >= 0.6 is 0 Å². The van der Waals surface area contributed by atoms with Gasteiger partial charge in [-0.2, -0.15) is 5.10 Å². The smallest absolute Gasteiger partial charge is 0.176 e. The highest BCUT2D eigenvalue weighted by Gasteiger charge is 2.25. The molecule has 5 nitrogen and oxygen atoms in total. The number of rotatable bonds is 6. The van der Waals surface area contributed by atoms with Gasteiger partial charge < -0.3 is 10.1 Å². The topological polar surface area (TPSA) is 52.0 Å². The molecule has 6 heteroatoms. The van der Waals surface area contributed by atoms with Crippen LogP contribution in [0.3, 0.4) is 0 Å². The van der Waals surface area contributed by atoms with E-state index in [1.54, 1.807) is 13.2 Å². The number of methoxy groups -OCH3 is 1. The second kappa shape index (κ2) is 7.19. The summed E-state index contributed by atoms with van der Waals surface area (Å²) in [4.78, 5) is 4.59. The van der Waals surface area contributed by atoms with Crippen LogP contribution in [-0.4, -0.2) is 27.9 Å². The van der Waals surface area contributed by atoms with Crippen molar-refractivity contribution in [1.82, 2.24) is 20.1 Å². The van der Waals surface area contributed by atoms with Gasteiger partial charge in [0.25, 0.3) is 0 Å². The number of hydrogen-bond acceptors (Lipinski definition) is 4. The van der Waals surface area contributed by atoms with E-state index in [2.05, 4.69) is 22.3 Å². The summed E-state index contributed by atoms with van der Waals surface area (Å²) < 4.78 is 20.9. The van der Waals surface area contributed by atoms with Crippen molar-refractivity contribution in [2.24, 2.45) is 0 Å². The summed E-state index contributed by atoms with van der Waals surface area (Å²) in [5.41, 5.74) is 0.741. The van der Waals surface area contributed by atoms with Crippen LogP contribution in [0.1, 0.15) is 43.0 Å².